The van der Waals surface area contributed by atoms with Gasteiger partial charge in [0.25, 0.3) is 0 Å². The first-order valence-electron chi connectivity index (χ1n) is 13.0. The first-order valence-corrected chi connectivity index (χ1v) is 13.9. The molecule has 2 N–H and O–H groups in total. The number of anilines is 1. The molecule has 6 nitrogen and oxygen atoms in total. The highest BCUT2D eigenvalue weighted by Crippen LogP contribution is 2.36. The van der Waals surface area contributed by atoms with Crippen molar-refractivity contribution >= 4 is 29.4 Å². The van der Waals surface area contributed by atoms with Gasteiger partial charge in [-0.3, -0.25) is 4.79 Å². The number of carboxylic acids is 1. The zero-order chi connectivity index (χ0) is 28.2. The number of nitrogens with zero attached hydrogens (tertiary/aromatic N) is 1. The first-order chi connectivity index (χ1) is 18.4. The molecule has 2 aliphatic rings. The van der Waals surface area contributed by atoms with E-state index in [9.17, 15) is 27.9 Å². The molecule has 0 heterocycles. The van der Waals surface area contributed by atoms with Crippen LogP contribution >= 0.6 is 11.8 Å². The lowest BCUT2D eigenvalue weighted by Crippen LogP contribution is -2.44. The van der Waals surface area contributed by atoms with Gasteiger partial charge in [-0.1, -0.05) is 18.2 Å². The summed E-state index contributed by atoms with van der Waals surface area (Å²) in [4.78, 5) is 27.7. The summed E-state index contributed by atoms with van der Waals surface area (Å²) in [5.74, 6) is -0.717. The smallest absolute Gasteiger partial charge is 0.480 e. The van der Waals surface area contributed by atoms with Crippen molar-refractivity contribution in [2.45, 2.75) is 74.4 Å². The standard InChI is InChI=1S/C29H33F3N2O4S/c1-28(2,26(35)36)39-25-14-9-20-16-23(17-21(20)18-25)34(15-5-8-19-6-3-4-7-19)27(37)33-22-10-12-24(13-11-22)38-29(30,31)32/h3,6,9-14,18-19,23H,4-5,7-8,15-17H2,1-2H3,(H,33,37)(H,35,36). The van der Waals surface area contributed by atoms with E-state index in [0.717, 1.165) is 41.7 Å². The number of nitrogens with one attached hydrogen (secondary N) is 1. The number of aliphatic carboxylic acids is 1. The summed E-state index contributed by atoms with van der Waals surface area (Å²) in [5, 5.41) is 12.3. The Labute approximate surface area is 230 Å². The number of carbonyl (C=O) groups is 2. The van der Waals surface area contributed by atoms with E-state index in [1.54, 1.807) is 13.8 Å². The van der Waals surface area contributed by atoms with Gasteiger partial charge in [0.05, 0.1) is 0 Å². The summed E-state index contributed by atoms with van der Waals surface area (Å²) < 4.78 is 40.4. The number of carboxylic acid groups (broad SMARTS) is 1. The number of urea groups is 1. The Bertz CT molecular complexity index is 1210. The molecule has 0 saturated heterocycles. The first kappa shape index (κ1) is 28.9. The molecule has 2 aliphatic carbocycles. The third kappa shape index (κ3) is 7.94. The Balaban J connectivity index is 1.45. The number of amides is 2. The van der Waals surface area contributed by atoms with Crippen LogP contribution in [0.25, 0.3) is 0 Å². The van der Waals surface area contributed by atoms with E-state index < -0.39 is 17.1 Å². The summed E-state index contributed by atoms with van der Waals surface area (Å²) in [6.45, 7) is 3.89. The SMILES string of the molecule is CC(C)(Sc1ccc2c(c1)CC(N(CCCC1C=CCC1)C(=O)Nc1ccc(OC(F)(F)F)cc1)C2)C(=O)O. The molecule has 4 rings (SSSR count). The predicted molar refractivity (Wildman–Crippen MR) is 145 cm³/mol. The number of rotatable bonds is 10. The largest absolute Gasteiger partial charge is 0.573 e. The summed E-state index contributed by atoms with van der Waals surface area (Å²) in [5.41, 5.74) is 2.60. The van der Waals surface area contributed by atoms with E-state index in [2.05, 4.69) is 22.2 Å². The summed E-state index contributed by atoms with van der Waals surface area (Å²) in [6, 6.07) is 10.7. The van der Waals surface area contributed by atoms with Gasteiger partial charge in [-0.15, -0.1) is 24.9 Å². The maximum Gasteiger partial charge on any atom is 0.573 e. The van der Waals surface area contributed by atoms with Crippen LogP contribution in [0.5, 0.6) is 5.75 Å². The van der Waals surface area contributed by atoms with Crippen LogP contribution in [0, 0.1) is 5.92 Å². The molecule has 39 heavy (non-hydrogen) atoms. The third-order valence-corrected chi connectivity index (χ3v) is 8.28. The molecule has 2 amide bonds. The minimum atomic E-state index is -4.78. The molecule has 2 aromatic carbocycles. The molecule has 210 valence electrons. The summed E-state index contributed by atoms with van der Waals surface area (Å²) in [7, 11) is 0. The van der Waals surface area contributed by atoms with Gasteiger partial charge in [-0.05, 0) is 106 Å². The Morgan fingerprint density at radius 3 is 2.46 bits per heavy atom. The molecular formula is C29H33F3N2O4S. The van der Waals surface area contributed by atoms with Gasteiger partial charge in [-0.25, -0.2) is 4.79 Å². The Morgan fingerprint density at radius 2 is 1.82 bits per heavy atom. The highest BCUT2D eigenvalue weighted by Gasteiger charge is 2.33. The normalized spacial score (nSPS) is 18.6. The molecule has 10 heteroatoms. The topological polar surface area (TPSA) is 78.9 Å². The number of hydrogen-bond acceptors (Lipinski definition) is 4. The lowest BCUT2D eigenvalue weighted by molar-refractivity contribution is -0.274. The van der Waals surface area contributed by atoms with Crippen molar-refractivity contribution < 1.29 is 32.6 Å². The molecule has 0 aromatic heterocycles. The number of benzene rings is 2. The lowest BCUT2D eigenvalue weighted by atomic mass is 10.0. The molecule has 2 atom stereocenters. The molecule has 2 aromatic rings. The van der Waals surface area contributed by atoms with Gasteiger partial charge in [0.1, 0.15) is 10.5 Å². The quantitative estimate of drug-likeness (QED) is 0.235. The van der Waals surface area contributed by atoms with Crippen molar-refractivity contribution in [3.63, 3.8) is 0 Å². The van der Waals surface area contributed by atoms with Crippen LogP contribution < -0.4 is 10.1 Å². The van der Waals surface area contributed by atoms with Crippen molar-refractivity contribution in [3.8, 4) is 5.75 Å². The fraction of sp³-hybridized carbons (Fsp3) is 0.448. The third-order valence-electron chi connectivity index (χ3n) is 7.10. The molecule has 0 spiro atoms. The molecule has 0 bridgehead atoms. The molecule has 0 saturated carbocycles. The van der Waals surface area contributed by atoms with Gasteiger partial charge in [0.15, 0.2) is 0 Å². The van der Waals surface area contributed by atoms with Gasteiger partial charge in [-0.2, -0.15) is 0 Å². The van der Waals surface area contributed by atoms with Gasteiger partial charge < -0.3 is 20.1 Å². The number of alkyl halides is 3. The number of carbonyl (C=O) groups excluding carboxylic acids is 1. The minimum absolute atomic E-state index is 0.0836. The van der Waals surface area contributed by atoms with Gasteiger partial charge in [0, 0.05) is 23.2 Å². The second kappa shape index (κ2) is 11.9. The molecule has 2 unspecified atom stereocenters. The van der Waals surface area contributed by atoms with Crippen LogP contribution in [0.15, 0.2) is 59.5 Å². The van der Waals surface area contributed by atoms with Crippen molar-refractivity contribution in [2.75, 3.05) is 11.9 Å². The highest BCUT2D eigenvalue weighted by atomic mass is 32.2. The molecule has 0 fully saturated rings. The second-order valence-electron chi connectivity index (χ2n) is 10.5. The van der Waals surface area contributed by atoms with Crippen LogP contribution in [-0.4, -0.2) is 45.7 Å². The van der Waals surface area contributed by atoms with Crippen molar-refractivity contribution in [3.05, 3.63) is 65.7 Å². The zero-order valence-electron chi connectivity index (χ0n) is 22.0. The molecular weight excluding hydrogens is 529 g/mol. The number of halogens is 3. The van der Waals surface area contributed by atoms with Crippen LogP contribution in [-0.2, 0) is 17.6 Å². The van der Waals surface area contributed by atoms with E-state index in [-0.39, 0.29) is 17.8 Å². The van der Waals surface area contributed by atoms with E-state index in [1.165, 1.54) is 36.0 Å². The maximum atomic E-state index is 13.4. The average Bonchev–Trinajstić information content (AvgIpc) is 3.51. The average molecular weight is 563 g/mol. The predicted octanol–water partition coefficient (Wildman–Crippen LogP) is 7.29. The Morgan fingerprint density at radius 1 is 1.10 bits per heavy atom. The monoisotopic (exact) mass is 562 g/mol. The lowest BCUT2D eigenvalue weighted by Gasteiger charge is -2.29. The van der Waals surface area contributed by atoms with Crippen LogP contribution in [0.2, 0.25) is 0 Å². The Hall–Kier alpha value is -3.14. The van der Waals surface area contributed by atoms with E-state index in [1.807, 2.05) is 23.1 Å². The van der Waals surface area contributed by atoms with Crippen molar-refractivity contribution in [2.24, 2.45) is 5.92 Å². The minimum Gasteiger partial charge on any atom is -0.480 e. The number of ether oxygens (including phenoxy) is 1. The van der Waals surface area contributed by atoms with E-state index >= 15 is 0 Å². The van der Waals surface area contributed by atoms with E-state index in [0.29, 0.717) is 31.0 Å². The van der Waals surface area contributed by atoms with Crippen molar-refractivity contribution in [1.29, 1.82) is 0 Å². The Kier molecular flexibility index (Phi) is 8.83. The number of allylic oxidation sites excluding steroid dienone is 2. The maximum absolute atomic E-state index is 13.4. The zero-order valence-corrected chi connectivity index (χ0v) is 22.8. The fourth-order valence-electron chi connectivity index (χ4n) is 5.04. The van der Waals surface area contributed by atoms with Gasteiger partial charge >= 0.3 is 18.4 Å². The number of fused-ring (bicyclic) bond motifs is 1. The van der Waals surface area contributed by atoms with Crippen LogP contribution in [0.3, 0.4) is 0 Å². The van der Waals surface area contributed by atoms with E-state index in [4.69, 9.17) is 0 Å². The molecule has 0 aliphatic heterocycles. The van der Waals surface area contributed by atoms with Crippen molar-refractivity contribution in [1.82, 2.24) is 4.90 Å². The van der Waals surface area contributed by atoms with Crippen LogP contribution in [0.1, 0.15) is 50.7 Å². The second-order valence-corrected chi connectivity index (χ2v) is 12.2. The number of hydrogen-bond donors (Lipinski definition) is 2. The van der Waals surface area contributed by atoms with Gasteiger partial charge in [0.2, 0.25) is 0 Å². The van der Waals surface area contributed by atoms with Crippen LogP contribution in [0.4, 0.5) is 23.7 Å². The summed E-state index contributed by atoms with van der Waals surface area (Å²) in [6.07, 6.45) is 4.99. The summed E-state index contributed by atoms with van der Waals surface area (Å²) >= 11 is 1.29. The fourth-order valence-corrected chi connectivity index (χ4v) is 6.05. The highest BCUT2D eigenvalue weighted by molar-refractivity contribution is 8.01. The molecule has 0 radical (unpaired) electrons. The number of thioether (sulfide) groups is 1.